The Morgan fingerprint density at radius 2 is 2.05 bits per heavy atom. The highest BCUT2D eigenvalue weighted by Gasteiger charge is 2.12. The summed E-state index contributed by atoms with van der Waals surface area (Å²) in [5.41, 5.74) is 0. The molecule has 0 unspecified atom stereocenters. The quantitative estimate of drug-likeness (QED) is 0.567. The van der Waals surface area contributed by atoms with Gasteiger partial charge in [0.1, 0.15) is 5.76 Å². The number of carbonyl (C=O) groups excluding carboxylic acids is 2. The Kier molecular flexibility index (Phi) is 6.67. The zero-order valence-electron chi connectivity index (χ0n) is 11.3. The van der Waals surface area contributed by atoms with Crippen LogP contribution in [0.4, 0.5) is 0 Å². The predicted octanol–water partition coefficient (Wildman–Crippen LogP) is 0.827. The van der Waals surface area contributed by atoms with Crippen molar-refractivity contribution in [1.29, 1.82) is 0 Å². The molecular weight excluding hydrogens is 248 g/mol. The Morgan fingerprint density at radius 3 is 2.68 bits per heavy atom. The number of hydrogen-bond donors (Lipinski definition) is 2. The van der Waals surface area contributed by atoms with Crippen LogP contribution in [0.1, 0.15) is 26.0 Å². The molecule has 106 valence electrons. The van der Waals surface area contributed by atoms with Gasteiger partial charge in [-0.15, -0.1) is 0 Å². The van der Waals surface area contributed by atoms with E-state index in [1.165, 1.54) is 6.26 Å². The van der Waals surface area contributed by atoms with Gasteiger partial charge in [-0.25, -0.2) is 0 Å². The molecule has 0 radical (unpaired) electrons. The van der Waals surface area contributed by atoms with E-state index < -0.39 is 11.8 Å². The highest BCUT2D eigenvalue weighted by Crippen LogP contribution is 1.98. The van der Waals surface area contributed by atoms with Crippen molar-refractivity contribution in [3.63, 3.8) is 0 Å². The van der Waals surface area contributed by atoms with E-state index in [2.05, 4.69) is 10.6 Å². The minimum Gasteiger partial charge on any atom is -0.467 e. The van der Waals surface area contributed by atoms with E-state index in [0.717, 1.165) is 0 Å². The van der Waals surface area contributed by atoms with Gasteiger partial charge in [0.2, 0.25) is 0 Å². The molecule has 2 amide bonds. The van der Waals surface area contributed by atoms with Gasteiger partial charge in [0.15, 0.2) is 0 Å². The van der Waals surface area contributed by atoms with Crippen molar-refractivity contribution in [1.82, 2.24) is 10.6 Å². The fourth-order valence-corrected chi connectivity index (χ4v) is 1.33. The summed E-state index contributed by atoms with van der Waals surface area (Å²) in [6, 6.07) is 3.44. The summed E-state index contributed by atoms with van der Waals surface area (Å²) in [5.74, 6) is -0.705. The molecule has 0 aliphatic heterocycles. The summed E-state index contributed by atoms with van der Waals surface area (Å²) in [6.07, 6.45) is 2.36. The summed E-state index contributed by atoms with van der Waals surface area (Å²) in [5, 5.41) is 4.99. The average molecular weight is 268 g/mol. The van der Waals surface area contributed by atoms with E-state index in [0.29, 0.717) is 25.3 Å². The predicted molar refractivity (Wildman–Crippen MR) is 69.3 cm³/mol. The average Bonchev–Trinajstić information content (AvgIpc) is 2.88. The van der Waals surface area contributed by atoms with Crippen molar-refractivity contribution in [2.75, 3.05) is 13.2 Å². The fraction of sp³-hybridized carbons (Fsp3) is 0.538. The van der Waals surface area contributed by atoms with Crippen LogP contribution in [0.5, 0.6) is 0 Å². The molecule has 0 spiro atoms. The van der Waals surface area contributed by atoms with E-state index in [1.54, 1.807) is 12.1 Å². The molecule has 6 heteroatoms. The van der Waals surface area contributed by atoms with E-state index in [4.69, 9.17) is 9.15 Å². The SMILES string of the molecule is CC(C)OCCCNC(=O)C(=O)NCc1ccco1. The van der Waals surface area contributed by atoms with Crippen LogP contribution in [-0.4, -0.2) is 31.1 Å². The van der Waals surface area contributed by atoms with E-state index >= 15 is 0 Å². The van der Waals surface area contributed by atoms with Crippen LogP contribution in [0.2, 0.25) is 0 Å². The fourth-order valence-electron chi connectivity index (χ4n) is 1.33. The Balaban J connectivity index is 2.10. The lowest BCUT2D eigenvalue weighted by Crippen LogP contribution is -2.40. The molecule has 0 atom stereocenters. The lowest BCUT2D eigenvalue weighted by atomic mass is 10.4. The molecule has 0 aliphatic rings. The molecule has 0 fully saturated rings. The van der Waals surface area contributed by atoms with Gasteiger partial charge in [-0.2, -0.15) is 0 Å². The monoisotopic (exact) mass is 268 g/mol. The van der Waals surface area contributed by atoms with Crippen molar-refractivity contribution in [2.24, 2.45) is 0 Å². The molecule has 1 rings (SSSR count). The third kappa shape index (κ3) is 6.61. The Hall–Kier alpha value is -1.82. The van der Waals surface area contributed by atoms with Crippen molar-refractivity contribution in [3.8, 4) is 0 Å². The van der Waals surface area contributed by atoms with Crippen LogP contribution < -0.4 is 10.6 Å². The normalized spacial score (nSPS) is 10.5. The van der Waals surface area contributed by atoms with Gasteiger partial charge in [0, 0.05) is 13.2 Å². The molecule has 0 saturated carbocycles. The number of ether oxygens (including phenoxy) is 1. The molecule has 19 heavy (non-hydrogen) atoms. The van der Waals surface area contributed by atoms with Crippen molar-refractivity contribution in [2.45, 2.75) is 32.9 Å². The summed E-state index contributed by atoms with van der Waals surface area (Å²) in [7, 11) is 0. The number of nitrogens with one attached hydrogen (secondary N) is 2. The molecular formula is C13H20N2O4. The first kappa shape index (κ1) is 15.2. The number of furan rings is 1. The number of rotatable bonds is 7. The first-order valence-corrected chi connectivity index (χ1v) is 6.29. The standard InChI is InChI=1S/C13H20N2O4/c1-10(2)18-8-4-6-14-12(16)13(17)15-9-11-5-3-7-19-11/h3,5,7,10H,4,6,8-9H2,1-2H3,(H,14,16)(H,15,17). The molecule has 6 nitrogen and oxygen atoms in total. The van der Waals surface area contributed by atoms with Gasteiger partial charge < -0.3 is 19.8 Å². The van der Waals surface area contributed by atoms with Crippen LogP contribution in [0.25, 0.3) is 0 Å². The van der Waals surface area contributed by atoms with Crippen LogP contribution in [0.15, 0.2) is 22.8 Å². The van der Waals surface area contributed by atoms with Gasteiger partial charge in [-0.05, 0) is 32.4 Å². The van der Waals surface area contributed by atoms with Crippen LogP contribution in [0, 0.1) is 0 Å². The second-order valence-electron chi connectivity index (χ2n) is 4.29. The van der Waals surface area contributed by atoms with Crippen LogP contribution >= 0.6 is 0 Å². The lowest BCUT2D eigenvalue weighted by Gasteiger charge is -2.08. The van der Waals surface area contributed by atoms with Crippen molar-refractivity contribution in [3.05, 3.63) is 24.2 Å². The maximum absolute atomic E-state index is 11.4. The Bertz CT molecular complexity index is 387. The Morgan fingerprint density at radius 1 is 1.32 bits per heavy atom. The summed E-state index contributed by atoms with van der Waals surface area (Å²) < 4.78 is 10.4. The number of amides is 2. The second-order valence-corrected chi connectivity index (χ2v) is 4.29. The van der Waals surface area contributed by atoms with E-state index in [9.17, 15) is 9.59 Å². The van der Waals surface area contributed by atoms with E-state index in [1.807, 2.05) is 13.8 Å². The molecule has 0 aliphatic carbocycles. The Labute approximate surface area is 112 Å². The van der Waals surface area contributed by atoms with Gasteiger partial charge in [0.25, 0.3) is 0 Å². The van der Waals surface area contributed by atoms with Crippen LogP contribution in [0.3, 0.4) is 0 Å². The first-order valence-electron chi connectivity index (χ1n) is 6.29. The smallest absolute Gasteiger partial charge is 0.309 e. The summed E-state index contributed by atoms with van der Waals surface area (Å²) >= 11 is 0. The van der Waals surface area contributed by atoms with Gasteiger partial charge in [-0.3, -0.25) is 9.59 Å². The zero-order valence-corrected chi connectivity index (χ0v) is 11.3. The molecule has 1 aromatic rings. The lowest BCUT2D eigenvalue weighted by molar-refractivity contribution is -0.139. The molecule has 1 aromatic heterocycles. The molecule has 0 aromatic carbocycles. The third-order valence-corrected chi connectivity index (χ3v) is 2.27. The number of carbonyl (C=O) groups is 2. The van der Waals surface area contributed by atoms with Gasteiger partial charge >= 0.3 is 11.8 Å². The van der Waals surface area contributed by atoms with Gasteiger partial charge in [-0.1, -0.05) is 0 Å². The van der Waals surface area contributed by atoms with Gasteiger partial charge in [0.05, 0.1) is 18.9 Å². The molecule has 1 heterocycles. The first-order chi connectivity index (χ1) is 9.09. The maximum atomic E-state index is 11.4. The maximum Gasteiger partial charge on any atom is 0.309 e. The topological polar surface area (TPSA) is 80.6 Å². The minimum absolute atomic E-state index is 0.173. The van der Waals surface area contributed by atoms with E-state index in [-0.39, 0.29) is 12.6 Å². The summed E-state index contributed by atoms with van der Waals surface area (Å²) in [4.78, 5) is 22.8. The van der Waals surface area contributed by atoms with Crippen molar-refractivity contribution < 1.29 is 18.7 Å². The highest BCUT2D eigenvalue weighted by atomic mass is 16.5. The number of hydrogen-bond acceptors (Lipinski definition) is 4. The van der Waals surface area contributed by atoms with Crippen LogP contribution in [-0.2, 0) is 20.9 Å². The van der Waals surface area contributed by atoms with Crippen molar-refractivity contribution >= 4 is 11.8 Å². The second kappa shape index (κ2) is 8.31. The molecule has 2 N–H and O–H groups in total. The highest BCUT2D eigenvalue weighted by molar-refractivity contribution is 6.35. The molecule has 0 saturated heterocycles. The third-order valence-electron chi connectivity index (χ3n) is 2.27. The largest absolute Gasteiger partial charge is 0.467 e. The molecule has 0 bridgehead atoms. The minimum atomic E-state index is -0.666. The zero-order chi connectivity index (χ0) is 14.1. The summed E-state index contributed by atoms with van der Waals surface area (Å²) in [6.45, 7) is 5.07.